The molecule has 0 amide bonds. The number of ether oxygens (including phenoxy) is 2. The lowest BCUT2D eigenvalue weighted by atomic mass is 9.78. The maximum absolute atomic E-state index is 5.75. The summed E-state index contributed by atoms with van der Waals surface area (Å²) in [6, 6.07) is 4.35. The quantitative estimate of drug-likeness (QED) is 0.714. The van der Waals surface area contributed by atoms with E-state index in [4.69, 9.17) is 9.47 Å². The van der Waals surface area contributed by atoms with Crippen molar-refractivity contribution in [1.29, 1.82) is 0 Å². The van der Waals surface area contributed by atoms with Crippen LogP contribution in [0.15, 0.2) is 16.6 Å². The number of rotatable bonds is 8. The molecule has 1 atom stereocenters. The minimum absolute atomic E-state index is 0.147. The Balaban J connectivity index is 3.31. The summed E-state index contributed by atoms with van der Waals surface area (Å²) in [5.74, 6) is 1.60. The van der Waals surface area contributed by atoms with Gasteiger partial charge in [0, 0.05) is 10.5 Å². The van der Waals surface area contributed by atoms with Crippen molar-refractivity contribution in [2.45, 2.75) is 47.1 Å². The zero-order valence-electron chi connectivity index (χ0n) is 14.0. The van der Waals surface area contributed by atoms with Crippen LogP contribution in [0.4, 0.5) is 0 Å². The molecular formula is C17H28BrNO2. The van der Waals surface area contributed by atoms with Crippen LogP contribution in [0.2, 0.25) is 0 Å². The average molecular weight is 358 g/mol. The van der Waals surface area contributed by atoms with Crippen LogP contribution in [0.25, 0.3) is 0 Å². The monoisotopic (exact) mass is 357 g/mol. The van der Waals surface area contributed by atoms with E-state index in [9.17, 15) is 0 Å². The molecule has 1 N–H and O–H groups in total. The van der Waals surface area contributed by atoms with E-state index in [1.54, 1.807) is 0 Å². The minimum atomic E-state index is 0.147. The lowest BCUT2D eigenvalue weighted by Crippen LogP contribution is -2.31. The first kappa shape index (κ1) is 18.3. The lowest BCUT2D eigenvalue weighted by Gasteiger charge is -2.34. The highest BCUT2D eigenvalue weighted by Gasteiger charge is 2.30. The molecule has 0 radical (unpaired) electrons. The van der Waals surface area contributed by atoms with E-state index in [2.05, 4.69) is 48.1 Å². The number of benzene rings is 1. The molecule has 0 aliphatic rings. The number of halogens is 1. The largest absolute Gasteiger partial charge is 0.490 e. The fraction of sp³-hybridized carbons (Fsp3) is 0.647. The third-order valence-corrected chi connectivity index (χ3v) is 4.64. The molecule has 1 rings (SSSR count). The van der Waals surface area contributed by atoms with Gasteiger partial charge in [-0.1, -0.05) is 36.7 Å². The Hall–Kier alpha value is -0.740. The van der Waals surface area contributed by atoms with Crippen LogP contribution < -0.4 is 14.8 Å². The third kappa shape index (κ3) is 4.36. The molecule has 1 aromatic carbocycles. The van der Waals surface area contributed by atoms with Crippen LogP contribution in [0, 0.1) is 5.41 Å². The Kier molecular flexibility index (Phi) is 7.01. The van der Waals surface area contributed by atoms with Gasteiger partial charge in [0.1, 0.15) is 0 Å². The molecule has 0 bridgehead atoms. The van der Waals surface area contributed by atoms with Crippen LogP contribution in [0.1, 0.15) is 52.6 Å². The van der Waals surface area contributed by atoms with Crippen LogP contribution in [0.3, 0.4) is 0 Å². The van der Waals surface area contributed by atoms with Crippen molar-refractivity contribution in [2.75, 3.05) is 20.3 Å². The molecule has 4 heteroatoms. The van der Waals surface area contributed by atoms with Crippen molar-refractivity contribution in [3.8, 4) is 11.5 Å². The fourth-order valence-electron chi connectivity index (χ4n) is 2.48. The summed E-state index contributed by atoms with van der Waals surface area (Å²) in [4.78, 5) is 0. The molecule has 1 aromatic rings. The van der Waals surface area contributed by atoms with Crippen molar-refractivity contribution >= 4 is 15.9 Å². The van der Waals surface area contributed by atoms with E-state index in [1.807, 2.05) is 27.0 Å². The molecule has 3 nitrogen and oxygen atoms in total. The van der Waals surface area contributed by atoms with Crippen molar-refractivity contribution in [3.63, 3.8) is 0 Å². The molecule has 0 fully saturated rings. The van der Waals surface area contributed by atoms with Gasteiger partial charge in [-0.15, -0.1) is 0 Å². The van der Waals surface area contributed by atoms with Crippen LogP contribution in [-0.4, -0.2) is 20.3 Å². The highest BCUT2D eigenvalue weighted by atomic mass is 79.9. The smallest absolute Gasteiger partial charge is 0.162 e. The highest BCUT2D eigenvalue weighted by molar-refractivity contribution is 9.10. The summed E-state index contributed by atoms with van der Waals surface area (Å²) in [5, 5.41) is 3.44. The molecule has 0 saturated carbocycles. The molecule has 21 heavy (non-hydrogen) atoms. The summed E-state index contributed by atoms with van der Waals surface area (Å²) in [6.07, 6.45) is 1.09. The van der Waals surface area contributed by atoms with E-state index in [-0.39, 0.29) is 11.5 Å². The van der Waals surface area contributed by atoms with Gasteiger partial charge in [0.15, 0.2) is 11.5 Å². The van der Waals surface area contributed by atoms with Gasteiger partial charge < -0.3 is 14.8 Å². The molecule has 0 heterocycles. The maximum atomic E-state index is 5.75. The summed E-state index contributed by atoms with van der Waals surface area (Å²) in [6.45, 7) is 12.0. The number of hydrogen-bond acceptors (Lipinski definition) is 3. The van der Waals surface area contributed by atoms with Gasteiger partial charge in [-0.25, -0.2) is 0 Å². The zero-order valence-corrected chi connectivity index (χ0v) is 15.6. The van der Waals surface area contributed by atoms with Gasteiger partial charge in [-0.2, -0.15) is 0 Å². The minimum Gasteiger partial charge on any atom is -0.490 e. The maximum Gasteiger partial charge on any atom is 0.162 e. The Morgan fingerprint density at radius 2 is 1.62 bits per heavy atom. The second-order valence-electron chi connectivity index (χ2n) is 5.75. The van der Waals surface area contributed by atoms with Crippen molar-refractivity contribution < 1.29 is 9.47 Å². The third-order valence-electron chi connectivity index (χ3n) is 3.96. The molecule has 0 aromatic heterocycles. The van der Waals surface area contributed by atoms with Crippen LogP contribution >= 0.6 is 15.9 Å². The molecule has 0 spiro atoms. The molecular weight excluding hydrogens is 330 g/mol. The number of hydrogen-bond donors (Lipinski definition) is 1. The Morgan fingerprint density at radius 1 is 1.10 bits per heavy atom. The van der Waals surface area contributed by atoms with E-state index in [0.29, 0.717) is 13.2 Å². The van der Waals surface area contributed by atoms with E-state index < -0.39 is 0 Å². The molecule has 0 saturated heterocycles. The summed E-state index contributed by atoms with van der Waals surface area (Å²) >= 11 is 3.69. The molecule has 0 aliphatic heterocycles. The molecule has 120 valence electrons. The zero-order chi connectivity index (χ0) is 16.0. The molecule has 0 aliphatic carbocycles. The predicted molar refractivity (Wildman–Crippen MR) is 92.4 cm³/mol. The van der Waals surface area contributed by atoms with Crippen molar-refractivity contribution in [1.82, 2.24) is 5.32 Å². The first-order valence-corrected chi connectivity index (χ1v) is 8.46. The Bertz CT molecular complexity index is 460. The standard InChI is InChI=1S/C17H28BrNO2/c1-7-17(4,5)16(19-6)12-10-14(20-8-2)15(21-9-3)11-13(12)18/h10-11,16,19H,7-9H2,1-6H3. The van der Waals surface area contributed by atoms with Gasteiger partial charge >= 0.3 is 0 Å². The summed E-state index contributed by atoms with van der Waals surface area (Å²) in [5.41, 5.74) is 1.35. The van der Waals surface area contributed by atoms with Gasteiger partial charge in [0.25, 0.3) is 0 Å². The van der Waals surface area contributed by atoms with E-state index >= 15 is 0 Å². The van der Waals surface area contributed by atoms with Gasteiger partial charge in [-0.05, 0) is 50.4 Å². The fourth-order valence-corrected chi connectivity index (χ4v) is 3.03. The summed E-state index contributed by atoms with van der Waals surface area (Å²) in [7, 11) is 2.01. The van der Waals surface area contributed by atoms with Crippen LogP contribution in [0.5, 0.6) is 11.5 Å². The second-order valence-corrected chi connectivity index (χ2v) is 6.60. The van der Waals surface area contributed by atoms with E-state index in [1.165, 1.54) is 5.56 Å². The van der Waals surface area contributed by atoms with E-state index in [0.717, 1.165) is 22.4 Å². The number of nitrogens with one attached hydrogen (secondary N) is 1. The first-order valence-electron chi connectivity index (χ1n) is 7.67. The van der Waals surface area contributed by atoms with Gasteiger partial charge in [0.05, 0.1) is 13.2 Å². The SMILES string of the molecule is CCOc1cc(Br)c(C(NC)C(C)(C)CC)cc1OCC. The van der Waals surface area contributed by atoms with Crippen molar-refractivity contribution in [3.05, 3.63) is 22.2 Å². The first-order chi connectivity index (χ1) is 9.91. The second kappa shape index (κ2) is 8.04. The highest BCUT2D eigenvalue weighted by Crippen LogP contribution is 2.43. The van der Waals surface area contributed by atoms with Crippen LogP contribution in [-0.2, 0) is 0 Å². The van der Waals surface area contributed by atoms with Crippen molar-refractivity contribution in [2.24, 2.45) is 5.41 Å². The topological polar surface area (TPSA) is 30.5 Å². The lowest BCUT2D eigenvalue weighted by molar-refractivity contribution is 0.242. The Labute approximate surface area is 137 Å². The predicted octanol–water partition coefficient (Wildman–Crippen LogP) is 4.94. The Morgan fingerprint density at radius 3 is 2.05 bits per heavy atom. The van der Waals surface area contributed by atoms with Gasteiger partial charge in [0.2, 0.25) is 0 Å². The average Bonchev–Trinajstić information content (AvgIpc) is 2.44. The molecule has 1 unspecified atom stereocenters. The normalized spacial score (nSPS) is 13.1. The summed E-state index contributed by atoms with van der Waals surface area (Å²) < 4.78 is 12.5. The van der Waals surface area contributed by atoms with Gasteiger partial charge in [-0.3, -0.25) is 0 Å².